The predicted molar refractivity (Wildman–Crippen MR) is 91.2 cm³/mol. The van der Waals surface area contributed by atoms with Gasteiger partial charge in [-0.1, -0.05) is 17.7 Å². The van der Waals surface area contributed by atoms with Crippen molar-refractivity contribution in [3.63, 3.8) is 0 Å². The second kappa shape index (κ2) is 8.44. The quantitative estimate of drug-likeness (QED) is 0.706. The van der Waals surface area contributed by atoms with Gasteiger partial charge in [-0.15, -0.1) is 11.8 Å². The first-order valence-electron chi connectivity index (χ1n) is 7.95. The molecule has 122 valence electrons. The largest absolute Gasteiger partial charge is 0.393 e. The molecule has 0 spiro atoms. The summed E-state index contributed by atoms with van der Waals surface area (Å²) in [4.78, 5) is 13.1. The van der Waals surface area contributed by atoms with Gasteiger partial charge in [0.1, 0.15) is 0 Å². The normalized spacial score (nSPS) is 22.3. The molecule has 1 aliphatic rings. The highest BCUT2D eigenvalue weighted by molar-refractivity contribution is 7.99. The van der Waals surface area contributed by atoms with Crippen molar-refractivity contribution in [1.29, 1.82) is 0 Å². The molecule has 0 aliphatic heterocycles. The maximum absolute atomic E-state index is 11.9. The summed E-state index contributed by atoms with van der Waals surface area (Å²) in [6, 6.07) is 8.42. The molecule has 2 amide bonds. The molecule has 0 unspecified atom stereocenters. The van der Waals surface area contributed by atoms with Gasteiger partial charge in [0, 0.05) is 23.2 Å². The molecule has 3 N–H and O–H groups in total. The van der Waals surface area contributed by atoms with E-state index in [9.17, 15) is 9.90 Å². The molecule has 2 rings (SSSR count). The summed E-state index contributed by atoms with van der Waals surface area (Å²) >= 11 is 1.75. The highest BCUT2D eigenvalue weighted by Crippen LogP contribution is 2.24. The van der Waals surface area contributed by atoms with Crippen molar-refractivity contribution in [3.05, 3.63) is 29.8 Å². The number of amides is 2. The fourth-order valence-corrected chi connectivity index (χ4v) is 3.50. The van der Waals surface area contributed by atoms with E-state index in [-0.39, 0.29) is 18.2 Å². The van der Waals surface area contributed by atoms with E-state index < -0.39 is 0 Å². The molecule has 0 bridgehead atoms. The van der Waals surface area contributed by atoms with Crippen LogP contribution in [0.5, 0.6) is 0 Å². The maximum atomic E-state index is 11.9. The zero-order valence-corrected chi connectivity index (χ0v) is 14.2. The highest BCUT2D eigenvalue weighted by Gasteiger charge is 2.23. The van der Waals surface area contributed by atoms with Gasteiger partial charge in [0.15, 0.2) is 0 Å². The summed E-state index contributed by atoms with van der Waals surface area (Å²) in [7, 11) is 0. The molecule has 1 fully saturated rings. The molecular formula is C17H26N2O2S. The number of aliphatic hydroxyl groups is 1. The molecule has 3 atom stereocenters. The number of aliphatic hydroxyl groups excluding tert-OH is 1. The van der Waals surface area contributed by atoms with Gasteiger partial charge in [-0.25, -0.2) is 4.79 Å². The molecule has 0 heterocycles. The average Bonchev–Trinajstić information content (AvgIpc) is 2.90. The Morgan fingerprint density at radius 3 is 2.73 bits per heavy atom. The van der Waals surface area contributed by atoms with Gasteiger partial charge in [-0.2, -0.15) is 0 Å². The minimum absolute atomic E-state index is 0.112. The summed E-state index contributed by atoms with van der Waals surface area (Å²) < 4.78 is 0. The van der Waals surface area contributed by atoms with Crippen molar-refractivity contribution in [2.24, 2.45) is 5.92 Å². The van der Waals surface area contributed by atoms with Crippen LogP contribution >= 0.6 is 11.8 Å². The van der Waals surface area contributed by atoms with Crippen molar-refractivity contribution in [2.45, 2.75) is 50.2 Å². The number of aryl methyl sites for hydroxylation is 1. The van der Waals surface area contributed by atoms with Crippen LogP contribution in [0.25, 0.3) is 0 Å². The number of hydrogen-bond donors (Lipinski definition) is 3. The van der Waals surface area contributed by atoms with Crippen molar-refractivity contribution < 1.29 is 9.90 Å². The van der Waals surface area contributed by atoms with E-state index in [1.54, 1.807) is 11.8 Å². The summed E-state index contributed by atoms with van der Waals surface area (Å²) in [5.41, 5.74) is 1.26. The van der Waals surface area contributed by atoms with Crippen LogP contribution in [0.2, 0.25) is 0 Å². The van der Waals surface area contributed by atoms with Crippen LogP contribution < -0.4 is 10.6 Å². The second-order valence-electron chi connectivity index (χ2n) is 6.21. The molecule has 4 nitrogen and oxygen atoms in total. The van der Waals surface area contributed by atoms with Gasteiger partial charge in [0.05, 0.1) is 6.10 Å². The second-order valence-corrected chi connectivity index (χ2v) is 7.31. The summed E-state index contributed by atoms with van der Waals surface area (Å²) in [5.74, 6) is 1.26. The molecular weight excluding hydrogens is 296 g/mol. The minimum atomic E-state index is -0.181. The maximum Gasteiger partial charge on any atom is 0.315 e. The van der Waals surface area contributed by atoms with E-state index >= 15 is 0 Å². The molecule has 1 saturated carbocycles. The molecule has 0 radical (unpaired) electrons. The molecule has 1 aliphatic carbocycles. The van der Waals surface area contributed by atoms with E-state index in [0.29, 0.717) is 12.5 Å². The Labute approximate surface area is 137 Å². The zero-order valence-electron chi connectivity index (χ0n) is 13.3. The van der Waals surface area contributed by atoms with Crippen molar-refractivity contribution in [2.75, 3.05) is 12.3 Å². The summed E-state index contributed by atoms with van der Waals surface area (Å²) in [6.07, 6.45) is 2.48. The molecule has 5 heteroatoms. The highest BCUT2D eigenvalue weighted by atomic mass is 32.2. The lowest BCUT2D eigenvalue weighted by atomic mass is 10.1. The van der Waals surface area contributed by atoms with Gasteiger partial charge in [-0.05, 0) is 51.2 Å². The van der Waals surface area contributed by atoms with E-state index in [2.05, 4.69) is 41.8 Å². The summed E-state index contributed by atoms with van der Waals surface area (Å²) in [6.45, 7) is 4.74. The Bertz CT molecular complexity index is 478. The molecule has 1 aromatic carbocycles. The fourth-order valence-electron chi connectivity index (χ4n) is 2.64. The number of nitrogens with one attached hydrogen (secondary N) is 2. The molecule has 22 heavy (non-hydrogen) atoms. The first kappa shape index (κ1) is 17.2. The van der Waals surface area contributed by atoms with E-state index in [1.807, 2.05) is 6.92 Å². The van der Waals surface area contributed by atoms with Gasteiger partial charge < -0.3 is 15.7 Å². The van der Waals surface area contributed by atoms with Crippen LogP contribution in [-0.2, 0) is 0 Å². The Morgan fingerprint density at radius 2 is 2.09 bits per heavy atom. The SMILES string of the molecule is Cc1ccc(SC[C@H](C)NC(=O)NC[C@H]2CC[C@H](O)C2)cc1. The molecule has 1 aromatic rings. The Morgan fingerprint density at radius 1 is 1.36 bits per heavy atom. The topological polar surface area (TPSA) is 61.4 Å². The number of benzene rings is 1. The van der Waals surface area contributed by atoms with E-state index in [4.69, 9.17) is 0 Å². The first-order chi connectivity index (χ1) is 10.5. The smallest absolute Gasteiger partial charge is 0.315 e. The monoisotopic (exact) mass is 322 g/mol. The predicted octanol–water partition coefficient (Wildman–Crippen LogP) is 2.94. The van der Waals surface area contributed by atoms with Crippen molar-refractivity contribution >= 4 is 17.8 Å². The Balaban J connectivity index is 1.62. The lowest BCUT2D eigenvalue weighted by Gasteiger charge is -2.16. The van der Waals surface area contributed by atoms with Gasteiger partial charge in [-0.3, -0.25) is 0 Å². The number of rotatable bonds is 6. The standard InChI is InChI=1S/C17H26N2O2S/c1-12-3-7-16(8-4-12)22-11-13(2)19-17(21)18-10-14-5-6-15(20)9-14/h3-4,7-8,13-15,20H,5-6,9-11H2,1-2H3,(H2,18,19,21)/t13-,14-,15-/m0/s1. The average molecular weight is 322 g/mol. The van der Waals surface area contributed by atoms with Crippen LogP contribution in [0.4, 0.5) is 4.79 Å². The number of thioether (sulfide) groups is 1. The Hall–Kier alpha value is -1.20. The number of hydrogen-bond acceptors (Lipinski definition) is 3. The van der Waals surface area contributed by atoms with Gasteiger partial charge in [0.25, 0.3) is 0 Å². The van der Waals surface area contributed by atoms with E-state index in [1.165, 1.54) is 10.5 Å². The third kappa shape index (κ3) is 5.89. The number of carbonyl (C=O) groups excluding carboxylic acids is 1. The van der Waals surface area contributed by atoms with E-state index in [0.717, 1.165) is 25.0 Å². The number of urea groups is 1. The van der Waals surface area contributed by atoms with Gasteiger partial charge in [0.2, 0.25) is 0 Å². The lowest BCUT2D eigenvalue weighted by Crippen LogP contribution is -2.43. The van der Waals surface area contributed by atoms with Crippen LogP contribution in [0, 0.1) is 12.8 Å². The fraction of sp³-hybridized carbons (Fsp3) is 0.588. The third-order valence-corrected chi connectivity index (χ3v) is 5.24. The molecule has 0 saturated heterocycles. The van der Waals surface area contributed by atoms with Crippen molar-refractivity contribution in [1.82, 2.24) is 10.6 Å². The minimum Gasteiger partial charge on any atom is -0.393 e. The van der Waals surface area contributed by atoms with Crippen LogP contribution in [-0.4, -0.2) is 35.6 Å². The number of carbonyl (C=O) groups is 1. The van der Waals surface area contributed by atoms with Crippen LogP contribution in [0.1, 0.15) is 31.7 Å². The lowest BCUT2D eigenvalue weighted by molar-refractivity contribution is 0.177. The van der Waals surface area contributed by atoms with Crippen LogP contribution in [0.3, 0.4) is 0 Å². The van der Waals surface area contributed by atoms with Crippen LogP contribution in [0.15, 0.2) is 29.2 Å². The van der Waals surface area contributed by atoms with Gasteiger partial charge >= 0.3 is 6.03 Å². The zero-order chi connectivity index (χ0) is 15.9. The summed E-state index contributed by atoms with van der Waals surface area (Å²) in [5, 5.41) is 15.3. The first-order valence-corrected chi connectivity index (χ1v) is 8.93. The Kier molecular flexibility index (Phi) is 6.58. The third-order valence-electron chi connectivity index (χ3n) is 3.96. The molecule has 0 aromatic heterocycles. The van der Waals surface area contributed by atoms with Crippen molar-refractivity contribution in [3.8, 4) is 0 Å².